The Kier molecular flexibility index (Phi) is 6.13. The van der Waals surface area contributed by atoms with Crippen molar-refractivity contribution >= 4 is 17.7 Å². The highest BCUT2D eigenvalue weighted by Gasteiger charge is 2.21. The van der Waals surface area contributed by atoms with Crippen molar-refractivity contribution in [2.75, 3.05) is 13.4 Å². The van der Waals surface area contributed by atoms with Gasteiger partial charge in [0.1, 0.15) is 11.4 Å². The molecule has 1 N–H and O–H groups in total. The van der Waals surface area contributed by atoms with Crippen LogP contribution in [0.1, 0.15) is 21.6 Å². The Morgan fingerprint density at radius 3 is 2.48 bits per heavy atom. The number of methoxy groups -OCH3 is 1. The number of rotatable bonds is 7. The summed E-state index contributed by atoms with van der Waals surface area (Å²) >= 11 is 1.58. The van der Waals surface area contributed by atoms with Gasteiger partial charge in [-0.05, 0) is 43.0 Å². The normalized spacial score (nSPS) is 10.6. The van der Waals surface area contributed by atoms with Crippen LogP contribution in [0.4, 0.5) is 0 Å². The first-order valence-electron chi connectivity index (χ1n) is 8.53. The molecule has 0 spiro atoms. The average molecular weight is 382 g/mol. The Morgan fingerprint density at radius 2 is 1.85 bits per heavy atom. The summed E-state index contributed by atoms with van der Waals surface area (Å²) < 4.78 is 6.83. The summed E-state index contributed by atoms with van der Waals surface area (Å²) in [5.41, 5.74) is 4.08. The van der Waals surface area contributed by atoms with Gasteiger partial charge in [0.25, 0.3) is 5.91 Å². The number of carbonyl (C=O) groups excluding carboxylic acids is 1. The van der Waals surface area contributed by atoms with Crippen LogP contribution in [0, 0.1) is 6.92 Å². The predicted octanol–water partition coefficient (Wildman–Crippen LogP) is 3.51. The SMILES string of the molecule is COc1ccc(-c2nnn(CSC)c2C(=O)NCc2ccc(C)cc2)cc1. The fraction of sp³-hybridized carbons (Fsp3) is 0.250. The first-order valence-corrected chi connectivity index (χ1v) is 9.92. The number of hydrogen-bond acceptors (Lipinski definition) is 5. The Bertz CT molecular complexity index is 905. The number of carbonyl (C=O) groups is 1. The maximum absolute atomic E-state index is 12.9. The molecule has 7 heteroatoms. The molecule has 3 rings (SSSR count). The molecule has 0 unspecified atom stereocenters. The largest absolute Gasteiger partial charge is 0.497 e. The van der Waals surface area contributed by atoms with E-state index in [1.54, 1.807) is 23.6 Å². The molecule has 140 valence electrons. The first kappa shape index (κ1) is 19.0. The van der Waals surface area contributed by atoms with Crippen LogP contribution < -0.4 is 10.1 Å². The van der Waals surface area contributed by atoms with Gasteiger partial charge in [-0.25, -0.2) is 4.68 Å². The molecule has 27 heavy (non-hydrogen) atoms. The molecule has 3 aromatic rings. The highest BCUT2D eigenvalue weighted by atomic mass is 32.2. The van der Waals surface area contributed by atoms with E-state index >= 15 is 0 Å². The minimum Gasteiger partial charge on any atom is -0.497 e. The fourth-order valence-electron chi connectivity index (χ4n) is 2.67. The molecule has 6 nitrogen and oxygen atoms in total. The van der Waals surface area contributed by atoms with Crippen molar-refractivity contribution in [1.29, 1.82) is 0 Å². The lowest BCUT2D eigenvalue weighted by molar-refractivity contribution is 0.0942. The lowest BCUT2D eigenvalue weighted by Gasteiger charge is -2.09. The summed E-state index contributed by atoms with van der Waals surface area (Å²) in [6.45, 7) is 2.49. The Morgan fingerprint density at radius 1 is 1.15 bits per heavy atom. The zero-order chi connectivity index (χ0) is 19.2. The molecule has 1 aromatic heterocycles. The van der Waals surface area contributed by atoms with Crippen LogP contribution in [0.15, 0.2) is 48.5 Å². The Balaban J connectivity index is 1.85. The molecule has 0 aliphatic heterocycles. The van der Waals surface area contributed by atoms with Gasteiger partial charge >= 0.3 is 0 Å². The molecule has 1 amide bonds. The van der Waals surface area contributed by atoms with E-state index in [1.165, 1.54) is 5.56 Å². The zero-order valence-corrected chi connectivity index (χ0v) is 16.4. The second-order valence-corrected chi connectivity index (χ2v) is 6.94. The fourth-order valence-corrected chi connectivity index (χ4v) is 3.09. The molecule has 0 radical (unpaired) electrons. The van der Waals surface area contributed by atoms with Gasteiger partial charge in [0.2, 0.25) is 0 Å². The van der Waals surface area contributed by atoms with Gasteiger partial charge in [0.15, 0.2) is 5.69 Å². The van der Waals surface area contributed by atoms with Crippen LogP contribution in [0.3, 0.4) is 0 Å². The van der Waals surface area contributed by atoms with E-state index in [4.69, 9.17) is 4.74 Å². The Labute approximate surface area is 162 Å². The summed E-state index contributed by atoms with van der Waals surface area (Å²) in [5, 5.41) is 11.4. The average Bonchev–Trinajstić information content (AvgIpc) is 3.11. The molecule has 0 atom stereocenters. The molecule has 0 aliphatic carbocycles. The van der Waals surface area contributed by atoms with Crippen molar-refractivity contribution in [2.45, 2.75) is 19.3 Å². The van der Waals surface area contributed by atoms with E-state index in [0.717, 1.165) is 16.9 Å². The highest BCUT2D eigenvalue weighted by molar-refractivity contribution is 7.97. The van der Waals surface area contributed by atoms with Gasteiger partial charge < -0.3 is 10.1 Å². The molecule has 1 heterocycles. The maximum Gasteiger partial charge on any atom is 0.272 e. The van der Waals surface area contributed by atoms with Crippen molar-refractivity contribution in [3.8, 4) is 17.0 Å². The van der Waals surface area contributed by atoms with Crippen molar-refractivity contribution in [3.63, 3.8) is 0 Å². The second kappa shape index (κ2) is 8.73. The van der Waals surface area contributed by atoms with Crippen LogP contribution in [-0.2, 0) is 12.4 Å². The quantitative estimate of drug-likeness (QED) is 0.677. The van der Waals surface area contributed by atoms with Gasteiger partial charge in [0, 0.05) is 12.1 Å². The van der Waals surface area contributed by atoms with Crippen LogP contribution in [0.25, 0.3) is 11.3 Å². The number of aromatic nitrogens is 3. The summed E-state index contributed by atoms with van der Waals surface area (Å²) in [6, 6.07) is 15.5. The van der Waals surface area contributed by atoms with Crippen LogP contribution in [0.2, 0.25) is 0 Å². The lowest BCUT2D eigenvalue weighted by Crippen LogP contribution is -2.26. The standard InChI is InChI=1S/C20H22N4O2S/c1-14-4-6-15(7-5-14)12-21-20(25)19-18(22-23-24(19)13-27-3)16-8-10-17(26-2)11-9-16/h4-11H,12-13H2,1-3H3,(H,21,25). The van der Waals surface area contributed by atoms with E-state index < -0.39 is 0 Å². The second-order valence-electron chi connectivity index (χ2n) is 6.10. The van der Waals surface area contributed by atoms with Crippen molar-refractivity contribution in [3.05, 3.63) is 65.4 Å². The molecule has 0 aliphatic rings. The number of nitrogens with zero attached hydrogens (tertiary/aromatic N) is 3. The molecule has 0 saturated carbocycles. The third-order valence-electron chi connectivity index (χ3n) is 4.14. The van der Waals surface area contributed by atoms with Gasteiger partial charge in [0.05, 0.1) is 13.0 Å². The Hall–Kier alpha value is -2.80. The third kappa shape index (κ3) is 4.49. The minimum absolute atomic E-state index is 0.194. The monoisotopic (exact) mass is 382 g/mol. The van der Waals surface area contributed by atoms with Crippen molar-refractivity contribution in [2.24, 2.45) is 0 Å². The number of thioether (sulfide) groups is 1. The third-order valence-corrected chi connectivity index (χ3v) is 4.64. The zero-order valence-electron chi connectivity index (χ0n) is 15.6. The number of ether oxygens (including phenoxy) is 1. The van der Waals surface area contributed by atoms with Gasteiger partial charge in [-0.1, -0.05) is 35.0 Å². The highest BCUT2D eigenvalue weighted by Crippen LogP contribution is 2.24. The summed E-state index contributed by atoms with van der Waals surface area (Å²) in [6.07, 6.45) is 1.96. The molecule has 0 bridgehead atoms. The maximum atomic E-state index is 12.9. The van der Waals surface area contributed by atoms with Crippen LogP contribution >= 0.6 is 11.8 Å². The van der Waals surface area contributed by atoms with Crippen molar-refractivity contribution in [1.82, 2.24) is 20.3 Å². The number of nitrogens with one attached hydrogen (secondary N) is 1. The number of hydrogen-bond donors (Lipinski definition) is 1. The van der Waals surface area contributed by atoms with Crippen molar-refractivity contribution < 1.29 is 9.53 Å². The number of benzene rings is 2. The topological polar surface area (TPSA) is 69.0 Å². The molecule has 0 saturated heterocycles. The molecule has 2 aromatic carbocycles. The summed E-state index contributed by atoms with van der Waals surface area (Å²) in [4.78, 5) is 12.9. The van der Waals surface area contributed by atoms with Gasteiger partial charge in [-0.15, -0.1) is 16.9 Å². The van der Waals surface area contributed by atoms with E-state index in [9.17, 15) is 4.79 Å². The van der Waals surface area contributed by atoms with Crippen LogP contribution in [-0.4, -0.2) is 34.3 Å². The van der Waals surface area contributed by atoms with Gasteiger partial charge in [-0.3, -0.25) is 4.79 Å². The lowest BCUT2D eigenvalue weighted by atomic mass is 10.1. The summed E-state index contributed by atoms with van der Waals surface area (Å²) in [7, 11) is 1.62. The molecular formula is C20H22N4O2S. The summed E-state index contributed by atoms with van der Waals surface area (Å²) in [5.74, 6) is 1.11. The predicted molar refractivity (Wildman–Crippen MR) is 108 cm³/mol. The van der Waals surface area contributed by atoms with Crippen LogP contribution in [0.5, 0.6) is 5.75 Å². The smallest absolute Gasteiger partial charge is 0.272 e. The van der Waals surface area contributed by atoms with E-state index in [0.29, 0.717) is 23.8 Å². The number of amides is 1. The van der Waals surface area contributed by atoms with E-state index in [2.05, 4.69) is 15.6 Å². The number of aryl methyl sites for hydroxylation is 1. The molecular weight excluding hydrogens is 360 g/mol. The minimum atomic E-state index is -0.194. The molecule has 0 fully saturated rings. The first-order chi connectivity index (χ1) is 13.1. The van der Waals surface area contributed by atoms with E-state index in [-0.39, 0.29) is 5.91 Å². The van der Waals surface area contributed by atoms with E-state index in [1.807, 2.05) is 61.7 Å². The van der Waals surface area contributed by atoms with Gasteiger partial charge in [-0.2, -0.15) is 0 Å².